The SMILES string of the molecule is COc1ccc(C2(C(C)(C)O)COC2)cc1OC. The molecule has 1 aromatic carbocycles. The van der Waals surface area contributed by atoms with Crippen LogP contribution >= 0.6 is 0 Å². The molecule has 0 aromatic heterocycles. The molecule has 0 saturated carbocycles. The zero-order chi connectivity index (χ0) is 13.4. The van der Waals surface area contributed by atoms with Crippen LogP contribution in [-0.2, 0) is 10.2 Å². The third-order valence-electron chi connectivity index (χ3n) is 3.80. The van der Waals surface area contributed by atoms with Crippen molar-refractivity contribution in [2.24, 2.45) is 0 Å². The molecule has 0 atom stereocenters. The van der Waals surface area contributed by atoms with Crippen LogP contribution in [-0.4, -0.2) is 38.1 Å². The monoisotopic (exact) mass is 252 g/mol. The summed E-state index contributed by atoms with van der Waals surface area (Å²) >= 11 is 0. The van der Waals surface area contributed by atoms with E-state index >= 15 is 0 Å². The third kappa shape index (κ3) is 1.85. The number of methoxy groups -OCH3 is 2. The van der Waals surface area contributed by atoms with Crippen LogP contribution < -0.4 is 9.47 Å². The van der Waals surface area contributed by atoms with E-state index in [-0.39, 0.29) is 5.41 Å². The van der Waals surface area contributed by atoms with Gasteiger partial charge in [0.15, 0.2) is 11.5 Å². The fraction of sp³-hybridized carbons (Fsp3) is 0.571. The summed E-state index contributed by atoms with van der Waals surface area (Å²) in [5.41, 5.74) is -0.198. The molecule has 1 aromatic rings. The summed E-state index contributed by atoms with van der Waals surface area (Å²) < 4.78 is 15.8. The van der Waals surface area contributed by atoms with E-state index in [1.165, 1.54) is 0 Å². The molecule has 4 nitrogen and oxygen atoms in total. The molecule has 1 aliphatic rings. The first kappa shape index (κ1) is 13.2. The average Bonchev–Trinajstić information content (AvgIpc) is 2.25. The maximum absolute atomic E-state index is 10.4. The standard InChI is InChI=1S/C14H20O4/c1-13(2,15)14(8-18-9-14)10-5-6-11(16-3)12(7-10)17-4/h5-7,15H,8-9H2,1-4H3. The van der Waals surface area contributed by atoms with Crippen molar-refractivity contribution in [2.75, 3.05) is 27.4 Å². The molecule has 1 saturated heterocycles. The van der Waals surface area contributed by atoms with Gasteiger partial charge in [0.25, 0.3) is 0 Å². The molecule has 4 heteroatoms. The van der Waals surface area contributed by atoms with Gasteiger partial charge in [-0.25, -0.2) is 0 Å². The van der Waals surface area contributed by atoms with E-state index in [1.807, 2.05) is 32.0 Å². The van der Waals surface area contributed by atoms with Crippen molar-refractivity contribution in [3.63, 3.8) is 0 Å². The van der Waals surface area contributed by atoms with Gasteiger partial charge in [0.2, 0.25) is 0 Å². The smallest absolute Gasteiger partial charge is 0.161 e. The molecule has 0 amide bonds. The summed E-state index contributed by atoms with van der Waals surface area (Å²) in [6, 6.07) is 5.74. The predicted octanol–water partition coefficient (Wildman–Crippen LogP) is 1.74. The van der Waals surface area contributed by atoms with E-state index in [0.29, 0.717) is 24.7 Å². The molecule has 1 fully saturated rings. The normalized spacial score (nSPS) is 18.1. The fourth-order valence-electron chi connectivity index (χ4n) is 2.31. The molecule has 1 heterocycles. The van der Waals surface area contributed by atoms with E-state index in [2.05, 4.69) is 0 Å². The number of hydrogen-bond acceptors (Lipinski definition) is 4. The molecular weight excluding hydrogens is 232 g/mol. The maximum atomic E-state index is 10.4. The van der Waals surface area contributed by atoms with Crippen molar-refractivity contribution < 1.29 is 19.3 Å². The zero-order valence-corrected chi connectivity index (χ0v) is 11.3. The topological polar surface area (TPSA) is 47.9 Å². The summed E-state index contributed by atoms with van der Waals surface area (Å²) in [7, 11) is 3.21. The van der Waals surface area contributed by atoms with E-state index in [9.17, 15) is 5.11 Å². The highest BCUT2D eigenvalue weighted by molar-refractivity contribution is 5.47. The second-order valence-electron chi connectivity index (χ2n) is 5.20. The van der Waals surface area contributed by atoms with E-state index in [4.69, 9.17) is 14.2 Å². The molecule has 1 aliphatic heterocycles. The van der Waals surface area contributed by atoms with Crippen molar-refractivity contribution in [3.05, 3.63) is 23.8 Å². The summed E-state index contributed by atoms with van der Waals surface area (Å²) in [4.78, 5) is 0. The van der Waals surface area contributed by atoms with Crippen LogP contribution in [0.25, 0.3) is 0 Å². The van der Waals surface area contributed by atoms with Crippen LogP contribution in [0.5, 0.6) is 11.5 Å². The van der Waals surface area contributed by atoms with Crippen molar-refractivity contribution in [1.82, 2.24) is 0 Å². The number of hydrogen-bond donors (Lipinski definition) is 1. The highest BCUT2D eigenvalue weighted by Crippen LogP contribution is 2.44. The highest BCUT2D eigenvalue weighted by Gasteiger charge is 2.51. The second kappa shape index (κ2) is 4.44. The number of rotatable bonds is 4. The van der Waals surface area contributed by atoms with Gasteiger partial charge in [-0.3, -0.25) is 0 Å². The lowest BCUT2D eigenvalue weighted by atomic mass is 9.67. The van der Waals surface area contributed by atoms with E-state index < -0.39 is 5.60 Å². The Hall–Kier alpha value is -1.26. The summed E-state index contributed by atoms with van der Waals surface area (Å²) in [5.74, 6) is 1.36. The average molecular weight is 252 g/mol. The quantitative estimate of drug-likeness (QED) is 0.886. The Kier molecular flexibility index (Phi) is 3.25. The first-order chi connectivity index (χ1) is 8.44. The van der Waals surface area contributed by atoms with Crippen LogP contribution in [0.4, 0.5) is 0 Å². The van der Waals surface area contributed by atoms with Crippen molar-refractivity contribution in [3.8, 4) is 11.5 Å². The van der Waals surface area contributed by atoms with Crippen molar-refractivity contribution in [2.45, 2.75) is 24.9 Å². The van der Waals surface area contributed by atoms with Crippen molar-refractivity contribution in [1.29, 1.82) is 0 Å². The Morgan fingerprint density at radius 3 is 2.17 bits per heavy atom. The third-order valence-corrected chi connectivity index (χ3v) is 3.80. The molecule has 0 spiro atoms. The molecule has 0 unspecified atom stereocenters. The molecule has 0 bridgehead atoms. The lowest BCUT2D eigenvalue weighted by Gasteiger charge is -2.50. The van der Waals surface area contributed by atoms with Crippen LogP contribution in [0.2, 0.25) is 0 Å². The van der Waals surface area contributed by atoms with Crippen LogP contribution in [0.3, 0.4) is 0 Å². The minimum atomic E-state index is -0.842. The van der Waals surface area contributed by atoms with Gasteiger partial charge < -0.3 is 19.3 Å². The summed E-state index contributed by atoms with van der Waals surface area (Å²) in [6.45, 7) is 4.66. The number of ether oxygens (including phenoxy) is 3. The minimum Gasteiger partial charge on any atom is -0.493 e. The molecule has 0 radical (unpaired) electrons. The van der Waals surface area contributed by atoms with Gasteiger partial charge in [0.05, 0.1) is 38.4 Å². The van der Waals surface area contributed by atoms with Gasteiger partial charge >= 0.3 is 0 Å². The van der Waals surface area contributed by atoms with Gasteiger partial charge in [-0.05, 0) is 31.5 Å². The van der Waals surface area contributed by atoms with Gasteiger partial charge in [-0.15, -0.1) is 0 Å². The van der Waals surface area contributed by atoms with Gasteiger partial charge in [-0.2, -0.15) is 0 Å². The van der Waals surface area contributed by atoms with Gasteiger partial charge in [0, 0.05) is 0 Å². The summed E-state index contributed by atoms with van der Waals surface area (Å²) in [5, 5.41) is 10.4. The molecule has 0 aliphatic carbocycles. The lowest BCUT2D eigenvalue weighted by Crippen LogP contribution is -2.60. The Morgan fingerprint density at radius 1 is 1.17 bits per heavy atom. The Labute approximate surface area is 107 Å². The maximum Gasteiger partial charge on any atom is 0.161 e. The first-order valence-electron chi connectivity index (χ1n) is 5.97. The lowest BCUT2D eigenvalue weighted by molar-refractivity contribution is -0.157. The zero-order valence-electron chi connectivity index (χ0n) is 11.3. The molecule has 18 heavy (non-hydrogen) atoms. The molecule has 100 valence electrons. The highest BCUT2D eigenvalue weighted by atomic mass is 16.5. The van der Waals surface area contributed by atoms with E-state index in [1.54, 1.807) is 14.2 Å². The van der Waals surface area contributed by atoms with E-state index in [0.717, 1.165) is 5.56 Å². The van der Waals surface area contributed by atoms with Crippen molar-refractivity contribution >= 4 is 0 Å². The molecule has 2 rings (SSSR count). The van der Waals surface area contributed by atoms with Crippen LogP contribution in [0, 0.1) is 0 Å². The largest absolute Gasteiger partial charge is 0.493 e. The number of aliphatic hydroxyl groups is 1. The predicted molar refractivity (Wildman–Crippen MR) is 68.3 cm³/mol. The first-order valence-corrected chi connectivity index (χ1v) is 5.97. The van der Waals surface area contributed by atoms with Crippen LogP contribution in [0.15, 0.2) is 18.2 Å². The Bertz CT molecular complexity index is 430. The Morgan fingerprint density at radius 2 is 1.78 bits per heavy atom. The second-order valence-corrected chi connectivity index (χ2v) is 5.20. The summed E-state index contributed by atoms with van der Waals surface area (Å²) in [6.07, 6.45) is 0. The van der Waals surface area contributed by atoms with Crippen LogP contribution in [0.1, 0.15) is 19.4 Å². The van der Waals surface area contributed by atoms with Gasteiger partial charge in [-0.1, -0.05) is 6.07 Å². The molecular formula is C14H20O4. The fourth-order valence-corrected chi connectivity index (χ4v) is 2.31. The van der Waals surface area contributed by atoms with Gasteiger partial charge in [0.1, 0.15) is 0 Å². The Balaban J connectivity index is 2.44. The number of benzene rings is 1. The molecule has 1 N–H and O–H groups in total. The minimum absolute atomic E-state index is 0.369.